The molecule has 2 heterocycles. The van der Waals surface area contributed by atoms with Crippen molar-refractivity contribution < 1.29 is 18.1 Å². The lowest BCUT2D eigenvalue weighted by Gasteiger charge is -2.30. The van der Waals surface area contributed by atoms with E-state index in [2.05, 4.69) is 133 Å². The molecule has 0 bridgehead atoms. The number of aryl methyl sites for hydroxylation is 2. The Bertz CT molecular complexity index is 1480. The van der Waals surface area contributed by atoms with Crippen LogP contribution in [0.3, 0.4) is 0 Å². The molecule has 0 atom stereocenters. The number of fused-ring (bicyclic) bond motifs is 3. The molecular formula is C37H50O4P+. The van der Waals surface area contributed by atoms with E-state index in [-0.39, 0.29) is 21.7 Å². The zero-order valence-electron chi connectivity index (χ0n) is 28.3. The Morgan fingerprint density at radius 1 is 0.476 bits per heavy atom. The molecule has 1 spiro atoms. The Labute approximate surface area is 254 Å². The molecule has 0 unspecified atom stereocenters. The second kappa shape index (κ2) is 9.65. The summed E-state index contributed by atoms with van der Waals surface area (Å²) in [5.41, 5.74) is 8.66. The van der Waals surface area contributed by atoms with Crippen LogP contribution in [-0.2, 0) is 28.1 Å². The van der Waals surface area contributed by atoms with Gasteiger partial charge in [-0.1, -0.05) is 125 Å². The molecular weight excluding hydrogens is 539 g/mol. The lowest BCUT2D eigenvalue weighted by atomic mass is 9.80. The molecule has 0 aliphatic carbocycles. The fourth-order valence-corrected chi connectivity index (χ4v) is 7.71. The third-order valence-electron chi connectivity index (χ3n) is 8.17. The molecule has 0 amide bonds. The highest BCUT2D eigenvalue weighted by Gasteiger charge is 2.65. The highest BCUT2D eigenvalue weighted by Crippen LogP contribution is 2.71. The van der Waals surface area contributed by atoms with Crippen molar-refractivity contribution in [3.63, 3.8) is 0 Å². The first kappa shape index (κ1) is 30.7. The average molecular weight is 590 g/mol. The average Bonchev–Trinajstić information content (AvgIpc) is 3.16. The third kappa shape index (κ3) is 5.64. The van der Waals surface area contributed by atoms with Gasteiger partial charge >= 0.3 is 8.17 Å². The van der Waals surface area contributed by atoms with Gasteiger partial charge in [-0.2, -0.15) is 0 Å². The normalized spacial score (nSPS) is 16.2. The first-order valence-corrected chi connectivity index (χ1v) is 16.7. The van der Waals surface area contributed by atoms with E-state index in [1.165, 1.54) is 16.7 Å². The molecule has 5 heteroatoms. The van der Waals surface area contributed by atoms with E-state index >= 15 is 0 Å². The zero-order valence-corrected chi connectivity index (χ0v) is 29.1. The Morgan fingerprint density at radius 3 is 1.29 bits per heavy atom. The summed E-state index contributed by atoms with van der Waals surface area (Å²) in [5.74, 6) is 3.04. The Balaban J connectivity index is 1.81. The minimum Gasteiger partial charge on any atom is -0.240 e. The Hall–Kier alpha value is -2.71. The summed E-state index contributed by atoms with van der Waals surface area (Å²) in [5, 5.41) is 0. The van der Waals surface area contributed by atoms with E-state index < -0.39 is 8.17 Å². The van der Waals surface area contributed by atoms with Gasteiger partial charge in [0.1, 0.15) is 0 Å². The van der Waals surface area contributed by atoms with Gasteiger partial charge in [0.05, 0.1) is 0 Å². The van der Waals surface area contributed by atoms with E-state index in [4.69, 9.17) is 18.1 Å². The standard InChI is InChI=1S/C37H50O4P/c1-22-15-24-19-25-16-23(2)18-28(36(9,10)11)32(25)40-42(39-31(24)27(17-22)35(6,7)8)38-30-21-26(34(3,4)5)20-29(33(30)41-42)37(12,13)14/h15-18,20-21H,19H2,1-14H3/q+1. The van der Waals surface area contributed by atoms with Crippen LogP contribution in [0.4, 0.5) is 0 Å². The Morgan fingerprint density at radius 2 is 0.881 bits per heavy atom. The number of hydrogen-bond acceptors (Lipinski definition) is 4. The highest BCUT2D eigenvalue weighted by molar-refractivity contribution is 7.58. The van der Waals surface area contributed by atoms with Gasteiger partial charge in [0.2, 0.25) is 11.5 Å². The van der Waals surface area contributed by atoms with Crippen molar-refractivity contribution in [1.82, 2.24) is 0 Å². The first-order valence-electron chi connectivity index (χ1n) is 15.2. The number of benzene rings is 3. The molecule has 3 aromatic carbocycles. The molecule has 0 fully saturated rings. The van der Waals surface area contributed by atoms with Gasteiger partial charge in [0.25, 0.3) is 0 Å². The highest BCUT2D eigenvalue weighted by atomic mass is 31.2. The molecule has 226 valence electrons. The van der Waals surface area contributed by atoms with Crippen LogP contribution in [0.5, 0.6) is 23.0 Å². The van der Waals surface area contributed by atoms with E-state index in [9.17, 15) is 0 Å². The first-order chi connectivity index (χ1) is 19.1. The molecule has 3 aromatic rings. The fourth-order valence-electron chi connectivity index (χ4n) is 5.82. The van der Waals surface area contributed by atoms with E-state index in [1.54, 1.807) is 0 Å². The maximum absolute atomic E-state index is 7.07. The lowest BCUT2D eigenvalue weighted by Crippen LogP contribution is -2.25. The van der Waals surface area contributed by atoms with Crippen LogP contribution >= 0.6 is 8.17 Å². The third-order valence-corrected chi connectivity index (χ3v) is 9.80. The quantitative estimate of drug-likeness (QED) is 0.244. The second-order valence-corrected chi connectivity index (χ2v) is 18.1. The van der Waals surface area contributed by atoms with Crippen molar-refractivity contribution >= 4 is 8.17 Å². The summed E-state index contributed by atoms with van der Waals surface area (Å²) in [6.07, 6.45) is 0.703. The predicted molar refractivity (Wildman–Crippen MR) is 176 cm³/mol. The van der Waals surface area contributed by atoms with Crippen LogP contribution in [0.25, 0.3) is 0 Å². The summed E-state index contributed by atoms with van der Waals surface area (Å²) < 4.78 is 28.0. The van der Waals surface area contributed by atoms with Crippen LogP contribution in [0.1, 0.15) is 128 Å². The van der Waals surface area contributed by atoms with Gasteiger partial charge in [-0.3, -0.25) is 0 Å². The largest absolute Gasteiger partial charge is 0.767 e. The smallest absolute Gasteiger partial charge is 0.240 e. The van der Waals surface area contributed by atoms with Crippen LogP contribution in [0.2, 0.25) is 0 Å². The second-order valence-electron chi connectivity index (χ2n) is 16.4. The van der Waals surface area contributed by atoms with Gasteiger partial charge < -0.3 is 0 Å². The maximum Gasteiger partial charge on any atom is 0.767 e. The van der Waals surface area contributed by atoms with Crippen LogP contribution in [-0.4, -0.2) is 0 Å². The Kier molecular flexibility index (Phi) is 7.06. The van der Waals surface area contributed by atoms with Gasteiger partial charge in [-0.25, -0.2) is 18.1 Å². The molecule has 0 aromatic heterocycles. The topological polar surface area (TPSA) is 36.9 Å². The molecule has 0 saturated carbocycles. The number of hydrogen-bond donors (Lipinski definition) is 0. The van der Waals surface area contributed by atoms with E-state index in [1.807, 2.05) is 0 Å². The molecule has 5 rings (SSSR count). The minimum atomic E-state index is -3.45. The summed E-state index contributed by atoms with van der Waals surface area (Å²) in [4.78, 5) is 0. The van der Waals surface area contributed by atoms with Gasteiger partial charge in [-0.15, -0.1) is 0 Å². The van der Waals surface area contributed by atoms with E-state index in [0.717, 1.165) is 45.1 Å². The summed E-state index contributed by atoms with van der Waals surface area (Å²) in [6, 6.07) is 13.3. The predicted octanol–water partition coefficient (Wildman–Crippen LogP) is 11.0. The SMILES string of the molecule is Cc1cc2c(c(C(C)(C)C)c1)O[P+]1(Oc3cc(C(C)(C)C)cc(C(C)(C)C)c3O1)Oc1c(cc(C)cc1C(C)(C)C)C2. The molecule has 2 aliphatic heterocycles. The van der Waals surface area contributed by atoms with Gasteiger partial charge in [0, 0.05) is 34.2 Å². The maximum atomic E-state index is 7.07. The van der Waals surface area contributed by atoms with Crippen molar-refractivity contribution in [1.29, 1.82) is 0 Å². The summed E-state index contributed by atoms with van der Waals surface area (Å²) in [6.45, 7) is 31.0. The molecule has 0 saturated heterocycles. The zero-order chi connectivity index (χ0) is 31.2. The van der Waals surface area contributed by atoms with Crippen molar-refractivity contribution in [2.75, 3.05) is 0 Å². The fraction of sp³-hybridized carbons (Fsp3) is 0.514. The van der Waals surface area contributed by atoms with Crippen molar-refractivity contribution in [3.8, 4) is 23.0 Å². The van der Waals surface area contributed by atoms with Crippen LogP contribution in [0, 0.1) is 13.8 Å². The van der Waals surface area contributed by atoms with Gasteiger partial charge in [0.15, 0.2) is 11.5 Å². The summed E-state index contributed by atoms with van der Waals surface area (Å²) in [7, 11) is -3.45. The van der Waals surface area contributed by atoms with E-state index in [0.29, 0.717) is 12.2 Å². The van der Waals surface area contributed by atoms with Gasteiger partial charge in [-0.05, 0) is 47.1 Å². The number of rotatable bonds is 0. The monoisotopic (exact) mass is 589 g/mol. The van der Waals surface area contributed by atoms with Crippen LogP contribution in [0.15, 0.2) is 36.4 Å². The molecule has 4 nitrogen and oxygen atoms in total. The molecule has 0 N–H and O–H groups in total. The van der Waals surface area contributed by atoms with Crippen LogP contribution < -0.4 is 18.1 Å². The molecule has 42 heavy (non-hydrogen) atoms. The molecule has 2 aliphatic rings. The summed E-state index contributed by atoms with van der Waals surface area (Å²) >= 11 is 0. The van der Waals surface area contributed by atoms with Crippen molar-refractivity contribution in [2.24, 2.45) is 0 Å². The molecule has 0 radical (unpaired) electrons. The van der Waals surface area contributed by atoms with Crippen molar-refractivity contribution in [2.45, 2.75) is 125 Å². The minimum absolute atomic E-state index is 0.0672. The lowest BCUT2D eigenvalue weighted by molar-refractivity contribution is 0.283. The van der Waals surface area contributed by atoms with Crippen molar-refractivity contribution in [3.05, 3.63) is 80.9 Å².